The van der Waals surface area contributed by atoms with Crippen LogP contribution in [-0.4, -0.2) is 23.3 Å². The second-order valence-electron chi connectivity index (χ2n) is 5.82. The van der Waals surface area contributed by atoms with E-state index >= 15 is 0 Å². The number of hydrogen-bond donors (Lipinski definition) is 0. The number of aliphatic imine (C=N–C) groups is 1. The molecule has 1 aromatic carbocycles. The summed E-state index contributed by atoms with van der Waals surface area (Å²) in [6.07, 6.45) is 2.70. The maximum Gasteiger partial charge on any atom is 0.232 e. The van der Waals surface area contributed by atoms with Crippen molar-refractivity contribution in [1.29, 1.82) is 0 Å². The van der Waals surface area contributed by atoms with Gasteiger partial charge in [-0.15, -0.1) is 0 Å². The van der Waals surface area contributed by atoms with Gasteiger partial charge in [-0.25, -0.2) is 4.98 Å². The standard InChI is InChI=1S/C17H17ClN2O/c1-17(2)9-11-6-4-5-7-13(11)15(20-17)12-8-14(18)16(21-3)19-10-12/h4-8,10H,9H2,1-3H3. The molecule has 4 heteroatoms. The molecule has 0 fully saturated rings. The highest BCUT2D eigenvalue weighted by atomic mass is 35.5. The van der Waals surface area contributed by atoms with Crippen LogP contribution in [0.25, 0.3) is 0 Å². The molecule has 0 saturated carbocycles. The van der Waals surface area contributed by atoms with E-state index in [-0.39, 0.29) is 5.54 Å². The summed E-state index contributed by atoms with van der Waals surface area (Å²) in [6, 6.07) is 10.2. The van der Waals surface area contributed by atoms with Gasteiger partial charge < -0.3 is 4.74 Å². The molecule has 3 rings (SSSR count). The van der Waals surface area contributed by atoms with Crippen molar-refractivity contribution >= 4 is 17.3 Å². The third kappa shape index (κ3) is 2.66. The molecule has 108 valence electrons. The van der Waals surface area contributed by atoms with E-state index in [0.29, 0.717) is 10.9 Å². The first kappa shape index (κ1) is 14.1. The van der Waals surface area contributed by atoms with Gasteiger partial charge in [-0.2, -0.15) is 0 Å². The molecule has 0 atom stereocenters. The SMILES string of the molecule is COc1ncc(C2=NC(C)(C)Cc3ccccc32)cc1Cl. The molecule has 0 spiro atoms. The monoisotopic (exact) mass is 300 g/mol. The molecule has 1 aliphatic heterocycles. The Balaban J connectivity index is 2.15. The molecule has 3 nitrogen and oxygen atoms in total. The molecule has 0 amide bonds. The van der Waals surface area contributed by atoms with Gasteiger partial charge in [-0.3, -0.25) is 4.99 Å². The van der Waals surface area contributed by atoms with Crippen LogP contribution in [0.15, 0.2) is 41.5 Å². The Bertz CT molecular complexity index is 722. The Kier molecular flexibility index (Phi) is 3.46. The van der Waals surface area contributed by atoms with Crippen LogP contribution in [0.5, 0.6) is 5.88 Å². The number of rotatable bonds is 2. The molecule has 1 aliphatic rings. The van der Waals surface area contributed by atoms with Gasteiger partial charge in [-0.05, 0) is 31.9 Å². The van der Waals surface area contributed by atoms with Crippen LogP contribution in [0.3, 0.4) is 0 Å². The van der Waals surface area contributed by atoms with Crippen molar-refractivity contribution in [3.8, 4) is 5.88 Å². The number of hydrogen-bond acceptors (Lipinski definition) is 3. The summed E-state index contributed by atoms with van der Waals surface area (Å²) in [5, 5.41) is 0.499. The smallest absolute Gasteiger partial charge is 0.232 e. The van der Waals surface area contributed by atoms with Gasteiger partial charge in [0.15, 0.2) is 0 Å². The topological polar surface area (TPSA) is 34.5 Å². The van der Waals surface area contributed by atoms with Crippen LogP contribution in [-0.2, 0) is 6.42 Å². The number of nitrogens with zero attached hydrogens (tertiary/aromatic N) is 2. The lowest BCUT2D eigenvalue weighted by atomic mass is 9.85. The normalized spacial score (nSPS) is 16.1. The average molecular weight is 301 g/mol. The second kappa shape index (κ2) is 5.15. The molecular weight excluding hydrogens is 284 g/mol. The van der Waals surface area contributed by atoms with E-state index in [4.69, 9.17) is 21.3 Å². The first-order chi connectivity index (χ1) is 10.00. The molecular formula is C17H17ClN2O. The van der Waals surface area contributed by atoms with Crippen LogP contribution in [0, 0.1) is 0 Å². The number of ether oxygens (including phenoxy) is 1. The Morgan fingerprint density at radius 1 is 1.24 bits per heavy atom. The van der Waals surface area contributed by atoms with E-state index in [1.807, 2.05) is 12.1 Å². The van der Waals surface area contributed by atoms with Crippen molar-refractivity contribution in [2.45, 2.75) is 25.8 Å². The number of methoxy groups -OCH3 is 1. The third-order valence-electron chi connectivity index (χ3n) is 3.58. The fourth-order valence-electron chi connectivity index (χ4n) is 2.70. The van der Waals surface area contributed by atoms with Crippen LogP contribution in [0.4, 0.5) is 0 Å². The number of fused-ring (bicyclic) bond motifs is 1. The minimum absolute atomic E-state index is 0.129. The van der Waals surface area contributed by atoms with E-state index < -0.39 is 0 Å². The molecule has 0 bridgehead atoms. The largest absolute Gasteiger partial charge is 0.480 e. The van der Waals surface area contributed by atoms with Crippen molar-refractivity contribution in [1.82, 2.24) is 4.98 Å². The quantitative estimate of drug-likeness (QED) is 0.842. The first-order valence-electron chi connectivity index (χ1n) is 6.88. The molecule has 1 aromatic heterocycles. The van der Waals surface area contributed by atoms with Crippen molar-refractivity contribution in [2.24, 2.45) is 4.99 Å². The summed E-state index contributed by atoms with van der Waals surface area (Å²) in [6.45, 7) is 4.28. The lowest BCUT2D eigenvalue weighted by Gasteiger charge is -2.29. The van der Waals surface area contributed by atoms with Crippen LogP contribution in [0.2, 0.25) is 5.02 Å². The molecule has 2 heterocycles. The minimum Gasteiger partial charge on any atom is -0.480 e. The Morgan fingerprint density at radius 2 is 2.00 bits per heavy atom. The molecule has 0 radical (unpaired) electrons. The van der Waals surface area contributed by atoms with E-state index in [1.54, 1.807) is 13.3 Å². The fourth-order valence-corrected chi connectivity index (χ4v) is 2.94. The fraction of sp³-hybridized carbons (Fsp3) is 0.294. The maximum absolute atomic E-state index is 6.20. The summed E-state index contributed by atoms with van der Waals surface area (Å²) in [7, 11) is 1.56. The minimum atomic E-state index is -0.129. The van der Waals surface area contributed by atoms with Crippen molar-refractivity contribution in [3.05, 3.63) is 58.2 Å². The van der Waals surface area contributed by atoms with E-state index in [0.717, 1.165) is 23.3 Å². The number of pyridine rings is 1. The summed E-state index contributed by atoms with van der Waals surface area (Å²) >= 11 is 6.20. The number of benzene rings is 1. The third-order valence-corrected chi connectivity index (χ3v) is 3.85. The summed E-state index contributed by atoms with van der Waals surface area (Å²) in [4.78, 5) is 9.16. The molecule has 0 saturated heterocycles. The molecule has 0 N–H and O–H groups in total. The van der Waals surface area contributed by atoms with Gasteiger partial charge in [0.2, 0.25) is 5.88 Å². The second-order valence-corrected chi connectivity index (χ2v) is 6.23. The highest BCUT2D eigenvalue weighted by Crippen LogP contribution is 2.31. The van der Waals surface area contributed by atoms with Gasteiger partial charge in [0.1, 0.15) is 5.02 Å². The molecule has 21 heavy (non-hydrogen) atoms. The van der Waals surface area contributed by atoms with Gasteiger partial charge in [0.25, 0.3) is 0 Å². The van der Waals surface area contributed by atoms with E-state index in [9.17, 15) is 0 Å². The number of halogens is 1. The number of aromatic nitrogens is 1. The zero-order valence-electron chi connectivity index (χ0n) is 12.4. The predicted molar refractivity (Wildman–Crippen MR) is 85.7 cm³/mol. The van der Waals surface area contributed by atoms with Gasteiger partial charge in [0.05, 0.1) is 18.4 Å². The van der Waals surface area contributed by atoms with Crippen LogP contribution in [0.1, 0.15) is 30.5 Å². The Labute approximate surface area is 129 Å². The molecule has 2 aromatic rings. The maximum atomic E-state index is 6.20. The Morgan fingerprint density at radius 3 is 2.71 bits per heavy atom. The Hall–Kier alpha value is -1.87. The summed E-state index contributed by atoms with van der Waals surface area (Å²) in [5.41, 5.74) is 4.19. The van der Waals surface area contributed by atoms with E-state index in [1.165, 1.54) is 5.56 Å². The van der Waals surface area contributed by atoms with E-state index in [2.05, 4.69) is 37.0 Å². The van der Waals surface area contributed by atoms with Crippen molar-refractivity contribution < 1.29 is 4.74 Å². The highest BCUT2D eigenvalue weighted by molar-refractivity contribution is 6.32. The zero-order valence-corrected chi connectivity index (χ0v) is 13.1. The molecule has 0 unspecified atom stereocenters. The first-order valence-corrected chi connectivity index (χ1v) is 7.26. The van der Waals surface area contributed by atoms with Gasteiger partial charge in [-0.1, -0.05) is 35.9 Å². The summed E-state index contributed by atoms with van der Waals surface area (Å²) < 4.78 is 5.11. The zero-order chi connectivity index (χ0) is 15.0. The van der Waals surface area contributed by atoms with Gasteiger partial charge >= 0.3 is 0 Å². The lowest BCUT2D eigenvalue weighted by molar-refractivity contribution is 0.398. The predicted octanol–water partition coefficient (Wildman–Crippen LogP) is 3.92. The highest BCUT2D eigenvalue weighted by Gasteiger charge is 2.27. The molecule has 0 aliphatic carbocycles. The van der Waals surface area contributed by atoms with Gasteiger partial charge in [0, 0.05) is 17.3 Å². The van der Waals surface area contributed by atoms with Crippen molar-refractivity contribution in [2.75, 3.05) is 7.11 Å². The van der Waals surface area contributed by atoms with Crippen molar-refractivity contribution in [3.63, 3.8) is 0 Å². The summed E-state index contributed by atoms with van der Waals surface area (Å²) in [5.74, 6) is 0.435. The lowest BCUT2D eigenvalue weighted by Crippen LogP contribution is -2.29. The van der Waals surface area contributed by atoms with Crippen LogP contribution < -0.4 is 4.74 Å². The van der Waals surface area contributed by atoms with Crippen LogP contribution >= 0.6 is 11.6 Å². The average Bonchev–Trinajstić information content (AvgIpc) is 2.45.